The van der Waals surface area contributed by atoms with E-state index in [-0.39, 0.29) is 12.3 Å². The fourth-order valence-electron chi connectivity index (χ4n) is 2.10. The third-order valence-corrected chi connectivity index (χ3v) is 3.16. The zero-order chi connectivity index (χ0) is 13.3. The van der Waals surface area contributed by atoms with Gasteiger partial charge in [0.05, 0.1) is 17.6 Å². The Labute approximate surface area is 105 Å². The molecular formula is C13H13N3O2. The number of carbonyl (C=O) groups is 2. The number of nitriles is 1. The molecule has 5 heteroatoms. The Morgan fingerprint density at radius 3 is 2.83 bits per heavy atom. The molecule has 0 saturated carbocycles. The summed E-state index contributed by atoms with van der Waals surface area (Å²) in [5.74, 6) is -1.03. The molecule has 5 nitrogen and oxygen atoms in total. The molecule has 2 rings (SSSR count). The van der Waals surface area contributed by atoms with Crippen LogP contribution in [0.25, 0.3) is 0 Å². The lowest BCUT2D eigenvalue weighted by atomic mass is 10.1. The molecule has 1 heterocycles. The minimum absolute atomic E-state index is 0.128. The number of nitrogens with two attached hydrogens (primary N) is 1. The number of hydrogen-bond donors (Lipinski definition) is 1. The van der Waals surface area contributed by atoms with Crippen molar-refractivity contribution in [3.05, 3.63) is 29.3 Å². The molecule has 1 atom stereocenters. The van der Waals surface area contributed by atoms with Crippen LogP contribution in [0.4, 0.5) is 5.69 Å². The third kappa shape index (κ3) is 2.05. The highest BCUT2D eigenvalue weighted by atomic mass is 16.2. The summed E-state index contributed by atoms with van der Waals surface area (Å²) in [4.78, 5) is 24.5. The molecule has 1 aliphatic rings. The van der Waals surface area contributed by atoms with Gasteiger partial charge in [0.15, 0.2) is 0 Å². The van der Waals surface area contributed by atoms with Gasteiger partial charge in [-0.2, -0.15) is 5.26 Å². The normalized spacial score (nSPS) is 18.8. The van der Waals surface area contributed by atoms with E-state index in [2.05, 4.69) is 0 Å². The molecule has 0 spiro atoms. The monoisotopic (exact) mass is 243 g/mol. The zero-order valence-corrected chi connectivity index (χ0v) is 10.0. The molecule has 0 aromatic heterocycles. The third-order valence-electron chi connectivity index (χ3n) is 3.16. The van der Waals surface area contributed by atoms with Crippen molar-refractivity contribution < 1.29 is 9.59 Å². The number of aryl methyl sites for hydroxylation is 1. The van der Waals surface area contributed by atoms with Crippen molar-refractivity contribution in [3.8, 4) is 6.07 Å². The summed E-state index contributed by atoms with van der Waals surface area (Å²) in [6, 6.07) is 7.19. The second-order valence-electron chi connectivity index (χ2n) is 4.42. The largest absolute Gasteiger partial charge is 0.369 e. The van der Waals surface area contributed by atoms with E-state index in [1.807, 2.05) is 13.0 Å². The average Bonchev–Trinajstić information content (AvgIpc) is 2.72. The van der Waals surface area contributed by atoms with Gasteiger partial charge in [-0.05, 0) is 24.6 Å². The molecule has 1 saturated heterocycles. The molecule has 1 aliphatic heterocycles. The number of carbonyl (C=O) groups excluding carboxylic acids is 2. The van der Waals surface area contributed by atoms with E-state index < -0.39 is 11.8 Å². The van der Waals surface area contributed by atoms with E-state index in [0.717, 1.165) is 5.56 Å². The molecule has 0 bridgehead atoms. The second-order valence-corrected chi connectivity index (χ2v) is 4.42. The maximum absolute atomic E-state index is 11.9. The number of anilines is 1. The maximum Gasteiger partial charge on any atom is 0.227 e. The predicted molar refractivity (Wildman–Crippen MR) is 65.5 cm³/mol. The van der Waals surface area contributed by atoms with Crippen molar-refractivity contribution in [2.75, 3.05) is 11.4 Å². The van der Waals surface area contributed by atoms with Crippen molar-refractivity contribution in [1.29, 1.82) is 5.26 Å². The SMILES string of the molecule is Cc1ccc(C#N)cc1N1CC(C(N)=O)CC1=O. The van der Waals surface area contributed by atoms with Gasteiger partial charge in [0.1, 0.15) is 0 Å². The molecule has 2 N–H and O–H groups in total. The Balaban J connectivity index is 2.35. The minimum Gasteiger partial charge on any atom is -0.369 e. The van der Waals surface area contributed by atoms with Crippen LogP contribution in [0.2, 0.25) is 0 Å². The van der Waals surface area contributed by atoms with Crippen molar-refractivity contribution in [3.63, 3.8) is 0 Å². The predicted octanol–water partition coefficient (Wildman–Crippen LogP) is 0.705. The van der Waals surface area contributed by atoms with Crippen LogP contribution in [-0.4, -0.2) is 18.4 Å². The standard InChI is InChI=1S/C13H13N3O2/c1-8-2-3-9(6-14)4-11(8)16-7-10(13(15)18)5-12(16)17/h2-4,10H,5,7H2,1H3,(H2,15,18). The van der Waals surface area contributed by atoms with Crippen molar-refractivity contribution in [2.24, 2.45) is 11.7 Å². The lowest BCUT2D eigenvalue weighted by Crippen LogP contribution is -2.28. The Kier molecular flexibility index (Phi) is 3.02. The molecular weight excluding hydrogens is 230 g/mol. The van der Waals surface area contributed by atoms with E-state index in [1.54, 1.807) is 18.2 Å². The van der Waals surface area contributed by atoms with Crippen LogP contribution >= 0.6 is 0 Å². The van der Waals surface area contributed by atoms with Crippen LogP contribution in [0.5, 0.6) is 0 Å². The molecule has 92 valence electrons. The molecule has 18 heavy (non-hydrogen) atoms. The van der Waals surface area contributed by atoms with Crippen LogP contribution in [0.1, 0.15) is 17.5 Å². The van der Waals surface area contributed by atoms with Gasteiger partial charge >= 0.3 is 0 Å². The molecule has 1 fully saturated rings. The number of benzene rings is 1. The van der Waals surface area contributed by atoms with Crippen LogP contribution in [0, 0.1) is 24.2 Å². The molecule has 0 aliphatic carbocycles. The first kappa shape index (κ1) is 12.1. The number of primary amides is 1. The van der Waals surface area contributed by atoms with E-state index >= 15 is 0 Å². The Morgan fingerprint density at radius 1 is 1.56 bits per heavy atom. The molecule has 1 aromatic rings. The van der Waals surface area contributed by atoms with E-state index in [4.69, 9.17) is 11.0 Å². The second kappa shape index (κ2) is 4.49. The van der Waals surface area contributed by atoms with Crippen molar-refractivity contribution in [2.45, 2.75) is 13.3 Å². The van der Waals surface area contributed by atoms with Crippen LogP contribution < -0.4 is 10.6 Å². The van der Waals surface area contributed by atoms with Gasteiger partial charge in [-0.25, -0.2) is 0 Å². The highest BCUT2D eigenvalue weighted by Crippen LogP contribution is 2.28. The lowest BCUT2D eigenvalue weighted by Gasteiger charge is -2.18. The van der Waals surface area contributed by atoms with Gasteiger partial charge in [-0.1, -0.05) is 6.07 Å². The van der Waals surface area contributed by atoms with Gasteiger partial charge in [-0.3, -0.25) is 9.59 Å². The first-order valence-corrected chi connectivity index (χ1v) is 5.63. The number of amides is 2. The van der Waals surface area contributed by atoms with Crippen LogP contribution in [-0.2, 0) is 9.59 Å². The van der Waals surface area contributed by atoms with E-state index in [9.17, 15) is 9.59 Å². The number of hydrogen-bond acceptors (Lipinski definition) is 3. The fourth-order valence-corrected chi connectivity index (χ4v) is 2.10. The number of rotatable bonds is 2. The van der Waals surface area contributed by atoms with Crippen LogP contribution in [0.15, 0.2) is 18.2 Å². The summed E-state index contributed by atoms with van der Waals surface area (Å²) in [6.45, 7) is 2.16. The Morgan fingerprint density at radius 2 is 2.28 bits per heavy atom. The molecule has 0 radical (unpaired) electrons. The summed E-state index contributed by atoms with van der Waals surface area (Å²) in [5.41, 5.74) is 7.29. The topological polar surface area (TPSA) is 87.2 Å². The summed E-state index contributed by atoms with van der Waals surface area (Å²) >= 11 is 0. The lowest BCUT2D eigenvalue weighted by molar-refractivity contribution is -0.123. The summed E-state index contributed by atoms with van der Waals surface area (Å²) in [6.07, 6.45) is 0.144. The molecule has 1 aromatic carbocycles. The quantitative estimate of drug-likeness (QED) is 0.829. The van der Waals surface area contributed by atoms with Crippen molar-refractivity contribution in [1.82, 2.24) is 0 Å². The van der Waals surface area contributed by atoms with Gasteiger partial charge in [-0.15, -0.1) is 0 Å². The average molecular weight is 243 g/mol. The Bertz CT molecular complexity index is 560. The maximum atomic E-state index is 11.9. The molecule has 2 amide bonds. The van der Waals surface area contributed by atoms with E-state index in [0.29, 0.717) is 17.8 Å². The highest BCUT2D eigenvalue weighted by Gasteiger charge is 2.34. The van der Waals surface area contributed by atoms with Gasteiger partial charge < -0.3 is 10.6 Å². The fraction of sp³-hybridized carbons (Fsp3) is 0.308. The molecule has 1 unspecified atom stereocenters. The minimum atomic E-state index is -0.458. The summed E-state index contributed by atoms with van der Waals surface area (Å²) < 4.78 is 0. The number of nitrogens with zero attached hydrogens (tertiary/aromatic N) is 2. The first-order chi connectivity index (χ1) is 8.52. The van der Waals surface area contributed by atoms with Gasteiger partial charge in [0.25, 0.3) is 0 Å². The highest BCUT2D eigenvalue weighted by molar-refractivity contribution is 6.00. The Hall–Kier alpha value is -2.35. The summed E-state index contributed by atoms with van der Waals surface area (Å²) in [7, 11) is 0. The van der Waals surface area contributed by atoms with Gasteiger partial charge in [0.2, 0.25) is 11.8 Å². The smallest absolute Gasteiger partial charge is 0.227 e. The zero-order valence-electron chi connectivity index (χ0n) is 10.0. The first-order valence-electron chi connectivity index (χ1n) is 5.63. The van der Waals surface area contributed by atoms with Crippen molar-refractivity contribution >= 4 is 17.5 Å². The van der Waals surface area contributed by atoms with E-state index in [1.165, 1.54) is 4.90 Å². The summed E-state index contributed by atoms with van der Waals surface area (Å²) in [5, 5.41) is 8.87. The van der Waals surface area contributed by atoms with Crippen LogP contribution in [0.3, 0.4) is 0 Å². The van der Waals surface area contributed by atoms with Gasteiger partial charge in [0, 0.05) is 18.7 Å².